The van der Waals surface area contributed by atoms with Gasteiger partial charge in [-0.05, 0) is 36.6 Å². The van der Waals surface area contributed by atoms with Crippen LogP contribution in [0.2, 0.25) is 0 Å². The molecular formula is C14H18N2. The molecule has 0 bridgehead atoms. The summed E-state index contributed by atoms with van der Waals surface area (Å²) in [6, 6.07) is 10.3. The number of benzene rings is 1. The maximum atomic E-state index is 6.35. The lowest BCUT2D eigenvalue weighted by atomic mass is 9.82. The Kier molecular flexibility index (Phi) is 2.68. The molecule has 1 aromatic carbocycles. The molecule has 84 valence electrons. The van der Waals surface area contributed by atoms with E-state index in [0.717, 1.165) is 10.9 Å². The molecule has 0 amide bonds. The molecule has 0 aliphatic rings. The molecule has 0 aliphatic carbocycles. The van der Waals surface area contributed by atoms with Gasteiger partial charge in [0.2, 0.25) is 0 Å². The Bertz CT molecular complexity index is 501. The van der Waals surface area contributed by atoms with Crippen molar-refractivity contribution in [3.8, 4) is 0 Å². The minimum absolute atomic E-state index is 0.288. The Morgan fingerprint density at radius 2 is 2.00 bits per heavy atom. The molecule has 0 radical (unpaired) electrons. The molecule has 1 aromatic heterocycles. The van der Waals surface area contributed by atoms with Crippen LogP contribution in [-0.4, -0.2) is 4.98 Å². The van der Waals surface area contributed by atoms with Crippen molar-refractivity contribution >= 4 is 10.9 Å². The van der Waals surface area contributed by atoms with Crippen LogP contribution < -0.4 is 5.73 Å². The average Bonchev–Trinajstić information content (AvgIpc) is 2.28. The lowest BCUT2D eigenvalue weighted by Crippen LogP contribution is -2.38. The van der Waals surface area contributed by atoms with E-state index in [1.165, 1.54) is 5.56 Å². The van der Waals surface area contributed by atoms with Crippen LogP contribution in [-0.2, 0) is 5.54 Å². The number of rotatable bonds is 2. The molecule has 2 aromatic rings. The van der Waals surface area contributed by atoms with E-state index in [9.17, 15) is 0 Å². The molecule has 0 saturated heterocycles. The summed E-state index contributed by atoms with van der Waals surface area (Å²) in [7, 11) is 0. The Morgan fingerprint density at radius 1 is 1.25 bits per heavy atom. The molecule has 0 aliphatic heterocycles. The molecule has 2 N–H and O–H groups in total. The third-order valence-corrected chi connectivity index (χ3v) is 3.42. The van der Waals surface area contributed by atoms with E-state index in [4.69, 9.17) is 5.73 Å². The largest absolute Gasteiger partial charge is 0.321 e. The average molecular weight is 214 g/mol. The van der Waals surface area contributed by atoms with Gasteiger partial charge in [-0.25, -0.2) is 0 Å². The first kappa shape index (κ1) is 11.1. The molecule has 1 heterocycles. The van der Waals surface area contributed by atoms with E-state index < -0.39 is 0 Å². The molecule has 2 rings (SSSR count). The molecule has 0 spiro atoms. The fraction of sp³-hybridized carbons (Fsp3) is 0.357. The molecule has 1 atom stereocenters. The SMILES string of the molecule is CC(C)C(C)(N)c1ccc2ncccc2c1. The van der Waals surface area contributed by atoms with Gasteiger partial charge in [0.1, 0.15) is 0 Å². The normalized spacial score (nSPS) is 15.3. The number of aromatic nitrogens is 1. The van der Waals surface area contributed by atoms with E-state index in [-0.39, 0.29) is 5.54 Å². The van der Waals surface area contributed by atoms with Crippen molar-refractivity contribution in [3.05, 3.63) is 42.1 Å². The second-order valence-corrected chi connectivity index (χ2v) is 4.85. The number of hydrogen-bond acceptors (Lipinski definition) is 2. The monoisotopic (exact) mass is 214 g/mol. The standard InChI is InChI=1S/C14H18N2/c1-10(2)14(3,15)12-6-7-13-11(9-12)5-4-8-16-13/h4-10H,15H2,1-3H3. The Hall–Kier alpha value is -1.41. The zero-order valence-corrected chi connectivity index (χ0v) is 10.1. The molecule has 0 fully saturated rings. The predicted molar refractivity (Wildman–Crippen MR) is 68.1 cm³/mol. The number of pyridine rings is 1. The molecular weight excluding hydrogens is 196 g/mol. The summed E-state index contributed by atoms with van der Waals surface area (Å²) >= 11 is 0. The Morgan fingerprint density at radius 3 is 2.69 bits per heavy atom. The van der Waals surface area contributed by atoms with Gasteiger partial charge in [-0.2, -0.15) is 0 Å². The van der Waals surface area contributed by atoms with Crippen LogP contribution in [0.25, 0.3) is 10.9 Å². The highest BCUT2D eigenvalue weighted by Crippen LogP contribution is 2.28. The molecule has 1 unspecified atom stereocenters. The molecule has 0 saturated carbocycles. The van der Waals surface area contributed by atoms with Gasteiger partial charge in [-0.15, -0.1) is 0 Å². The second kappa shape index (κ2) is 3.87. The quantitative estimate of drug-likeness (QED) is 0.834. The number of nitrogens with two attached hydrogens (primary N) is 1. The highest BCUT2D eigenvalue weighted by molar-refractivity contribution is 5.79. The number of nitrogens with zero attached hydrogens (tertiary/aromatic N) is 1. The molecule has 2 nitrogen and oxygen atoms in total. The van der Waals surface area contributed by atoms with E-state index in [2.05, 4.69) is 44.0 Å². The van der Waals surface area contributed by atoms with Crippen molar-refractivity contribution in [1.82, 2.24) is 4.98 Å². The van der Waals surface area contributed by atoms with Gasteiger partial charge < -0.3 is 5.73 Å². The van der Waals surface area contributed by atoms with Crippen LogP contribution in [0.1, 0.15) is 26.3 Å². The third-order valence-electron chi connectivity index (χ3n) is 3.42. The van der Waals surface area contributed by atoms with Crippen molar-refractivity contribution in [3.63, 3.8) is 0 Å². The summed E-state index contributed by atoms with van der Waals surface area (Å²) in [4.78, 5) is 4.31. The van der Waals surface area contributed by atoms with E-state index >= 15 is 0 Å². The number of hydrogen-bond donors (Lipinski definition) is 1. The second-order valence-electron chi connectivity index (χ2n) is 4.85. The van der Waals surface area contributed by atoms with Gasteiger partial charge in [0.25, 0.3) is 0 Å². The summed E-state index contributed by atoms with van der Waals surface area (Å²) < 4.78 is 0. The summed E-state index contributed by atoms with van der Waals surface area (Å²) in [5, 5.41) is 1.15. The lowest BCUT2D eigenvalue weighted by molar-refractivity contribution is 0.351. The molecule has 2 heteroatoms. The van der Waals surface area contributed by atoms with Crippen LogP contribution in [0.4, 0.5) is 0 Å². The summed E-state index contributed by atoms with van der Waals surface area (Å²) in [5.41, 5.74) is 8.25. The van der Waals surface area contributed by atoms with Crippen LogP contribution in [0.15, 0.2) is 36.5 Å². The first-order chi connectivity index (χ1) is 7.51. The predicted octanol–water partition coefficient (Wildman–Crippen LogP) is 3.06. The fourth-order valence-corrected chi connectivity index (χ4v) is 1.74. The Labute approximate surface area is 96.5 Å². The maximum Gasteiger partial charge on any atom is 0.0702 e. The zero-order chi connectivity index (χ0) is 11.8. The van der Waals surface area contributed by atoms with Crippen molar-refractivity contribution in [2.45, 2.75) is 26.3 Å². The van der Waals surface area contributed by atoms with Crippen molar-refractivity contribution in [2.75, 3.05) is 0 Å². The van der Waals surface area contributed by atoms with Crippen LogP contribution in [0.5, 0.6) is 0 Å². The van der Waals surface area contributed by atoms with E-state index in [1.54, 1.807) is 0 Å². The number of fused-ring (bicyclic) bond motifs is 1. The van der Waals surface area contributed by atoms with Crippen LogP contribution in [0.3, 0.4) is 0 Å². The van der Waals surface area contributed by atoms with Gasteiger partial charge in [0.15, 0.2) is 0 Å². The summed E-state index contributed by atoms with van der Waals surface area (Å²) in [6.45, 7) is 6.37. The summed E-state index contributed by atoms with van der Waals surface area (Å²) in [5.74, 6) is 0.404. The van der Waals surface area contributed by atoms with Crippen molar-refractivity contribution in [1.29, 1.82) is 0 Å². The zero-order valence-electron chi connectivity index (χ0n) is 10.1. The molecule has 16 heavy (non-hydrogen) atoms. The lowest BCUT2D eigenvalue weighted by Gasteiger charge is -2.30. The first-order valence-electron chi connectivity index (χ1n) is 5.66. The highest BCUT2D eigenvalue weighted by Gasteiger charge is 2.25. The van der Waals surface area contributed by atoms with Gasteiger partial charge >= 0.3 is 0 Å². The Balaban J connectivity index is 2.55. The van der Waals surface area contributed by atoms with Crippen LogP contribution in [0, 0.1) is 5.92 Å². The first-order valence-corrected chi connectivity index (χ1v) is 5.66. The van der Waals surface area contributed by atoms with Crippen molar-refractivity contribution < 1.29 is 0 Å². The minimum atomic E-state index is -0.288. The van der Waals surface area contributed by atoms with E-state index in [1.807, 2.05) is 18.3 Å². The van der Waals surface area contributed by atoms with Crippen molar-refractivity contribution in [2.24, 2.45) is 11.7 Å². The highest BCUT2D eigenvalue weighted by atomic mass is 14.7. The van der Waals surface area contributed by atoms with Gasteiger partial charge in [0.05, 0.1) is 5.52 Å². The van der Waals surface area contributed by atoms with Gasteiger partial charge in [0, 0.05) is 17.1 Å². The van der Waals surface area contributed by atoms with Gasteiger partial charge in [-0.1, -0.05) is 26.0 Å². The van der Waals surface area contributed by atoms with Crippen LogP contribution >= 0.6 is 0 Å². The fourth-order valence-electron chi connectivity index (χ4n) is 1.74. The smallest absolute Gasteiger partial charge is 0.0702 e. The minimum Gasteiger partial charge on any atom is -0.321 e. The third kappa shape index (κ3) is 1.81. The topological polar surface area (TPSA) is 38.9 Å². The van der Waals surface area contributed by atoms with Gasteiger partial charge in [-0.3, -0.25) is 4.98 Å². The summed E-state index contributed by atoms with van der Waals surface area (Å²) in [6.07, 6.45) is 1.81. The maximum absolute atomic E-state index is 6.35. The van der Waals surface area contributed by atoms with E-state index in [0.29, 0.717) is 5.92 Å².